The first-order chi connectivity index (χ1) is 7.65. The number of para-hydroxylation sites is 1. The summed E-state index contributed by atoms with van der Waals surface area (Å²) in [5.74, 6) is 5.13. The minimum atomic E-state index is 0.355. The molecule has 2 N–H and O–H groups in total. The minimum Gasteiger partial charge on any atom is -0.343 e. The molecule has 1 aromatic heterocycles. The zero-order valence-electron chi connectivity index (χ0n) is 9.40. The molecule has 86 valence electrons. The number of nitrogens with two attached hydrogens (primary N) is 1. The van der Waals surface area contributed by atoms with Gasteiger partial charge in [-0.2, -0.15) is 0 Å². The van der Waals surface area contributed by atoms with Gasteiger partial charge in [0.25, 0.3) is 0 Å². The summed E-state index contributed by atoms with van der Waals surface area (Å²) in [7, 11) is 0. The predicted molar refractivity (Wildman–Crippen MR) is 66.3 cm³/mol. The van der Waals surface area contributed by atoms with Gasteiger partial charge in [-0.05, 0) is 19.9 Å². The Hall–Kier alpha value is -1.03. The van der Waals surface area contributed by atoms with Crippen molar-refractivity contribution in [2.75, 3.05) is 0 Å². The normalized spacial score (nSPS) is 11.6. The molecule has 0 unspecified atom stereocenters. The Kier molecular flexibility index (Phi) is 3.19. The number of halogens is 1. The van der Waals surface area contributed by atoms with E-state index in [0.717, 1.165) is 21.5 Å². The number of hydrogen-bond acceptors (Lipinski definition) is 2. The van der Waals surface area contributed by atoms with E-state index in [9.17, 15) is 0 Å². The standard InChI is InChI=1S/C12H15ClN2O/c1-8(2)15-6-9(7-16-14)10-4-3-5-11(13)12(10)15/h3-6,8H,7,14H2,1-2H3. The van der Waals surface area contributed by atoms with Crippen LogP contribution in [0, 0.1) is 0 Å². The van der Waals surface area contributed by atoms with Crippen molar-refractivity contribution < 1.29 is 4.84 Å². The van der Waals surface area contributed by atoms with Gasteiger partial charge < -0.3 is 4.57 Å². The molecule has 0 atom stereocenters. The van der Waals surface area contributed by atoms with Crippen molar-refractivity contribution in [3.05, 3.63) is 35.0 Å². The zero-order chi connectivity index (χ0) is 11.7. The van der Waals surface area contributed by atoms with Gasteiger partial charge in [0.15, 0.2) is 0 Å². The van der Waals surface area contributed by atoms with E-state index >= 15 is 0 Å². The van der Waals surface area contributed by atoms with Crippen molar-refractivity contribution in [2.45, 2.75) is 26.5 Å². The zero-order valence-corrected chi connectivity index (χ0v) is 10.2. The van der Waals surface area contributed by atoms with E-state index < -0.39 is 0 Å². The first-order valence-electron chi connectivity index (χ1n) is 5.24. The van der Waals surface area contributed by atoms with Crippen LogP contribution in [0.1, 0.15) is 25.5 Å². The van der Waals surface area contributed by atoms with E-state index in [0.29, 0.717) is 12.6 Å². The Labute approximate surface area is 99.7 Å². The molecule has 3 nitrogen and oxygen atoms in total. The van der Waals surface area contributed by atoms with E-state index in [4.69, 9.17) is 22.3 Å². The third-order valence-electron chi connectivity index (χ3n) is 2.68. The monoisotopic (exact) mass is 238 g/mol. The van der Waals surface area contributed by atoms with Gasteiger partial charge in [-0.25, -0.2) is 5.90 Å². The quantitative estimate of drug-likeness (QED) is 0.834. The number of aromatic nitrogens is 1. The number of benzene rings is 1. The summed E-state index contributed by atoms with van der Waals surface area (Å²) in [6.07, 6.45) is 2.05. The fourth-order valence-corrected chi connectivity index (χ4v) is 2.22. The highest BCUT2D eigenvalue weighted by Crippen LogP contribution is 2.30. The Morgan fingerprint density at radius 2 is 2.19 bits per heavy atom. The summed E-state index contributed by atoms with van der Waals surface area (Å²) < 4.78 is 2.14. The lowest BCUT2D eigenvalue weighted by atomic mass is 10.2. The number of fused-ring (bicyclic) bond motifs is 1. The molecule has 1 heterocycles. The maximum absolute atomic E-state index is 6.23. The molecule has 0 saturated heterocycles. The number of rotatable bonds is 3. The molecule has 0 aliphatic rings. The largest absolute Gasteiger partial charge is 0.343 e. The third kappa shape index (κ3) is 1.82. The Morgan fingerprint density at radius 1 is 1.44 bits per heavy atom. The van der Waals surface area contributed by atoms with Crippen LogP contribution in [0.2, 0.25) is 5.02 Å². The highest BCUT2D eigenvalue weighted by atomic mass is 35.5. The van der Waals surface area contributed by atoms with Crippen molar-refractivity contribution >= 4 is 22.5 Å². The van der Waals surface area contributed by atoms with Gasteiger partial charge >= 0.3 is 0 Å². The number of nitrogens with zero attached hydrogens (tertiary/aromatic N) is 1. The lowest BCUT2D eigenvalue weighted by Gasteiger charge is -2.09. The van der Waals surface area contributed by atoms with E-state index in [1.165, 1.54) is 0 Å². The molecule has 0 spiro atoms. The van der Waals surface area contributed by atoms with Crippen LogP contribution in [0.3, 0.4) is 0 Å². The van der Waals surface area contributed by atoms with E-state index in [-0.39, 0.29) is 0 Å². The smallest absolute Gasteiger partial charge is 0.0950 e. The van der Waals surface area contributed by atoms with Crippen molar-refractivity contribution in [1.82, 2.24) is 4.57 Å². The second kappa shape index (κ2) is 4.45. The van der Waals surface area contributed by atoms with Gasteiger partial charge in [0.1, 0.15) is 0 Å². The SMILES string of the molecule is CC(C)n1cc(CON)c2cccc(Cl)c21. The summed E-state index contributed by atoms with van der Waals surface area (Å²) in [6, 6.07) is 6.23. The fourth-order valence-electron chi connectivity index (χ4n) is 1.95. The van der Waals surface area contributed by atoms with Crippen LogP contribution < -0.4 is 5.90 Å². The van der Waals surface area contributed by atoms with Gasteiger partial charge in [-0.15, -0.1) is 0 Å². The van der Waals surface area contributed by atoms with E-state index in [1.807, 2.05) is 24.4 Å². The van der Waals surface area contributed by atoms with E-state index in [1.54, 1.807) is 0 Å². The van der Waals surface area contributed by atoms with Crippen LogP contribution in [-0.4, -0.2) is 4.57 Å². The van der Waals surface area contributed by atoms with Crippen LogP contribution in [-0.2, 0) is 11.4 Å². The van der Waals surface area contributed by atoms with Crippen molar-refractivity contribution in [3.8, 4) is 0 Å². The molecule has 0 fully saturated rings. The van der Waals surface area contributed by atoms with Crippen LogP contribution in [0.5, 0.6) is 0 Å². The average Bonchev–Trinajstić information content (AvgIpc) is 2.60. The van der Waals surface area contributed by atoms with Crippen LogP contribution in [0.25, 0.3) is 10.9 Å². The lowest BCUT2D eigenvalue weighted by molar-refractivity contribution is 0.125. The van der Waals surface area contributed by atoms with Gasteiger partial charge in [0.05, 0.1) is 17.1 Å². The molecule has 0 saturated carbocycles. The molecule has 0 bridgehead atoms. The molecule has 2 aromatic rings. The lowest BCUT2D eigenvalue weighted by Crippen LogP contribution is -1.99. The summed E-state index contributed by atoms with van der Waals surface area (Å²) in [6.45, 7) is 4.64. The van der Waals surface area contributed by atoms with Crippen LogP contribution in [0.15, 0.2) is 24.4 Å². The second-order valence-electron chi connectivity index (χ2n) is 4.10. The molecular weight excluding hydrogens is 224 g/mol. The predicted octanol–water partition coefficient (Wildman–Crippen LogP) is 3.27. The highest BCUT2D eigenvalue weighted by Gasteiger charge is 2.12. The van der Waals surface area contributed by atoms with Gasteiger partial charge in [-0.3, -0.25) is 4.84 Å². The molecule has 0 aliphatic heterocycles. The molecule has 0 radical (unpaired) electrons. The first kappa shape index (κ1) is 11.5. The molecule has 1 aromatic carbocycles. The van der Waals surface area contributed by atoms with Crippen LogP contribution in [0.4, 0.5) is 0 Å². The summed E-state index contributed by atoms with van der Waals surface area (Å²) in [5.41, 5.74) is 2.11. The first-order valence-corrected chi connectivity index (χ1v) is 5.62. The Bertz CT molecular complexity index is 505. The summed E-state index contributed by atoms with van der Waals surface area (Å²) in [4.78, 5) is 4.71. The van der Waals surface area contributed by atoms with Crippen molar-refractivity contribution in [2.24, 2.45) is 5.90 Å². The van der Waals surface area contributed by atoms with Crippen molar-refractivity contribution in [3.63, 3.8) is 0 Å². The van der Waals surface area contributed by atoms with Gasteiger partial charge in [0.2, 0.25) is 0 Å². The Morgan fingerprint density at radius 3 is 2.81 bits per heavy atom. The minimum absolute atomic E-state index is 0.355. The second-order valence-corrected chi connectivity index (χ2v) is 4.51. The topological polar surface area (TPSA) is 40.2 Å². The third-order valence-corrected chi connectivity index (χ3v) is 2.99. The highest BCUT2D eigenvalue weighted by molar-refractivity contribution is 6.35. The molecule has 2 rings (SSSR count). The van der Waals surface area contributed by atoms with Crippen molar-refractivity contribution in [1.29, 1.82) is 0 Å². The maximum atomic E-state index is 6.23. The van der Waals surface area contributed by atoms with E-state index in [2.05, 4.69) is 18.4 Å². The van der Waals surface area contributed by atoms with Gasteiger partial charge in [-0.1, -0.05) is 23.7 Å². The molecule has 0 aliphatic carbocycles. The summed E-state index contributed by atoms with van der Waals surface area (Å²) >= 11 is 6.23. The molecule has 0 amide bonds. The summed E-state index contributed by atoms with van der Waals surface area (Å²) in [5, 5.41) is 1.86. The molecule has 16 heavy (non-hydrogen) atoms. The fraction of sp³-hybridized carbons (Fsp3) is 0.333. The molecular formula is C12H15ClN2O. The van der Waals surface area contributed by atoms with Gasteiger partial charge in [0, 0.05) is 23.2 Å². The number of hydrogen-bond donors (Lipinski definition) is 1. The average molecular weight is 239 g/mol. The van der Waals surface area contributed by atoms with Crippen LogP contribution >= 0.6 is 11.6 Å². The Balaban J connectivity index is 2.71. The molecule has 4 heteroatoms. The maximum Gasteiger partial charge on any atom is 0.0950 e.